The van der Waals surface area contributed by atoms with Crippen LogP contribution in [0, 0.1) is 0 Å². The van der Waals surface area contributed by atoms with Crippen LogP contribution in [0.1, 0.15) is 29.3 Å². The Bertz CT molecular complexity index is 789. The molecule has 138 valence electrons. The van der Waals surface area contributed by atoms with Crippen LogP contribution in [0.2, 0.25) is 0 Å². The minimum absolute atomic E-state index is 0.0596. The molecule has 2 aromatic rings. The van der Waals surface area contributed by atoms with Crippen LogP contribution in [0.25, 0.3) is 11.1 Å². The van der Waals surface area contributed by atoms with Crippen molar-refractivity contribution >= 4 is 5.91 Å². The standard InChI is InChI=1S/C20H20F3NO2/c1-14-13-24(10-5-11-26-14)19(25)16-7-4-6-15(12-16)17-8-2-3-9-18(17)20(21,22)23/h2-4,6-9,12,14H,5,10-11,13H2,1H3/t14-/m0/s1. The molecule has 0 saturated carbocycles. The van der Waals surface area contributed by atoms with E-state index in [2.05, 4.69) is 0 Å². The van der Waals surface area contributed by atoms with Gasteiger partial charge in [-0.25, -0.2) is 0 Å². The van der Waals surface area contributed by atoms with Crippen LogP contribution in [0.15, 0.2) is 48.5 Å². The number of carbonyl (C=O) groups is 1. The fourth-order valence-electron chi connectivity index (χ4n) is 3.16. The average molecular weight is 363 g/mol. The van der Waals surface area contributed by atoms with Crippen molar-refractivity contribution in [1.82, 2.24) is 4.90 Å². The molecule has 0 radical (unpaired) electrons. The Morgan fingerprint density at radius 2 is 1.92 bits per heavy atom. The summed E-state index contributed by atoms with van der Waals surface area (Å²) in [6.07, 6.45) is -3.77. The van der Waals surface area contributed by atoms with Gasteiger partial charge in [0.25, 0.3) is 5.91 Å². The van der Waals surface area contributed by atoms with Gasteiger partial charge in [0.1, 0.15) is 0 Å². The van der Waals surface area contributed by atoms with E-state index >= 15 is 0 Å². The van der Waals surface area contributed by atoms with Gasteiger partial charge in [-0.15, -0.1) is 0 Å². The van der Waals surface area contributed by atoms with Gasteiger partial charge in [0.05, 0.1) is 11.7 Å². The van der Waals surface area contributed by atoms with Crippen molar-refractivity contribution in [3.63, 3.8) is 0 Å². The van der Waals surface area contributed by atoms with Gasteiger partial charge in [0, 0.05) is 25.3 Å². The number of benzene rings is 2. The first kappa shape index (κ1) is 18.5. The predicted molar refractivity (Wildman–Crippen MR) is 92.8 cm³/mol. The average Bonchev–Trinajstić information content (AvgIpc) is 2.85. The van der Waals surface area contributed by atoms with Crippen molar-refractivity contribution in [1.29, 1.82) is 0 Å². The van der Waals surface area contributed by atoms with Gasteiger partial charge >= 0.3 is 6.18 Å². The maximum absolute atomic E-state index is 13.3. The maximum Gasteiger partial charge on any atom is 0.417 e. The Kier molecular flexibility index (Phi) is 5.32. The number of carbonyl (C=O) groups excluding carboxylic acids is 1. The molecule has 0 aromatic heterocycles. The summed E-state index contributed by atoms with van der Waals surface area (Å²) in [7, 11) is 0. The number of alkyl halides is 3. The Balaban J connectivity index is 1.93. The third-order valence-corrected chi connectivity index (χ3v) is 4.39. The molecular weight excluding hydrogens is 343 g/mol. The molecule has 0 bridgehead atoms. The van der Waals surface area contributed by atoms with Gasteiger partial charge in [-0.1, -0.05) is 30.3 Å². The number of halogens is 3. The zero-order chi connectivity index (χ0) is 18.7. The van der Waals surface area contributed by atoms with E-state index in [-0.39, 0.29) is 17.6 Å². The summed E-state index contributed by atoms with van der Waals surface area (Å²) in [5.74, 6) is -0.186. The lowest BCUT2D eigenvalue weighted by Gasteiger charge is -2.22. The van der Waals surface area contributed by atoms with E-state index in [1.807, 2.05) is 6.92 Å². The van der Waals surface area contributed by atoms with Gasteiger partial charge in [-0.2, -0.15) is 13.2 Å². The van der Waals surface area contributed by atoms with Gasteiger partial charge in [-0.05, 0) is 42.7 Å². The second kappa shape index (κ2) is 7.50. The lowest BCUT2D eigenvalue weighted by Crippen LogP contribution is -2.35. The SMILES string of the molecule is C[C@H]1CN(C(=O)c2cccc(-c3ccccc3C(F)(F)F)c2)CCCO1. The summed E-state index contributed by atoms with van der Waals surface area (Å²) in [4.78, 5) is 14.5. The zero-order valence-electron chi connectivity index (χ0n) is 14.4. The first-order valence-corrected chi connectivity index (χ1v) is 8.54. The van der Waals surface area contributed by atoms with Crippen molar-refractivity contribution in [2.75, 3.05) is 19.7 Å². The molecule has 0 aliphatic carbocycles. The molecule has 0 spiro atoms. The molecule has 6 heteroatoms. The summed E-state index contributed by atoms with van der Waals surface area (Å²) >= 11 is 0. The number of hydrogen-bond donors (Lipinski definition) is 0. The van der Waals surface area contributed by atoms with Crippen LogP contribution < -0.4 is 0 Å². The van der Waals surface area contributed by atoms with Crippen LogP contribution >= 0.6 is 0 Å². The molecule has 1 atom stereocenters. The molecule has 1 fully saturated rings. The quantitative estimate of drug-likeness (QED) is 0.779. The minimum Gasteiger partial charge on any atom is -0.377 e. The summed E-state index contributed by atoms with van der Waals surface area (Å²) in [5.41, 5.74) is 0.125. The fraction of sp³-hybridized carbons (Fsp3) is 0.350. The Morgan fingerprint density at radius 1 is 1.15 bits per heavy atom. The summed E-state index contributed by atoms with van der Waals surface area (Å²) in [6, 6.07) is 11.8. The lowest BCUT2D eigenvalue weighted by molar-refractivity contribution is -0.137. The molecule has 26 heavy (non-hydrogen) atoms. The summed E-state index contributed by atoms with van der Waals surface area (Å²) in [6.45, 7) is 3.56. The van der Waals surface area contributed by atoms with Crippen LogP contribution in [-0.4, -0.2) is 36.6 Å². The van der Waals surface area contributed by atoms with Crippen LogP contribution in [0.3, 0.4) is 0 Å². The van der Waals surface area contributed by atoms with Crippen molar-refractivity contribution in [3.05, 3.63) is 59.7 Å². The van der Waals surface area contributed by atoms with Gasteiger partial charge < -0.3 is 9.64 Å². The normalized spacial score (nSPS) is 18.5. The van der Waals surface area contributed by atoms with E-state index in [0.717, 1.165) is 12.5 Å². The van der Waals surface area contributed by atoms with E-state index in [4.69, 9.17) is 4.74 Å². The molecule has 1 aliphatic heterocycles. The van der Waals surface area contributed by atoms with E-state index in [1.54, 1.807) is 29.2 Å². The molecule has 3 rings (SSSR count). The molecule has 3 nitrogen and oxygen atoms in total. The van der Waals surface area contributed by atoms with Crippen molar-refractivity contribution in [3.8, 4) is 11.1 Å². The molecule has 0 N–H and O–H groups in total. The topological polar surface area (TPSA) is 29.5 Å². The third-order valence-electron chi connectivity index (χ3n) is 4.39. The molecular formula is C20H20F3NO2. The highest BCUT2D eigenvalue weighted by Gasteiger charge is 2.33. The van der Waals surface area contributed by atoms with Crippen molar-refractivity contribution < 1.29 is 22.7 Å². The molecule has 2 aromatic carbocycles. The largest absolute Gasteiger partial charge is 0.417 e. The Morgan fingerprint density at radius 3 is 2.69 bits per heavy atom. The molecule has 1 amide bonds. The second-order valence-electron chi connectivity index (χ2n) is 6.41. The number of amides is 1. The first-order chi connectivity index (χ1) is 12.4. The van der Waals surface area contributed by atoms with Crippen LogP contribution in [0.4, 0.5) is 13.2 Å². The zero-order valence-corrected chi connectivity index (χ0v) is 14.4. The molecule has 0 unspecified atom stereocenters. The highest BCUT2D eigenvalue weighted by atomic mass is 19.4. The second-order valence-corrected chi connectivity index (χ2v) is 6.41. The van der Waals surface area contributed by atoms with Crippen molar-refractivity contribution in [2.24, 2.45) is 0 Å². The molecule has 1 heterocycles. The smallest absolute Gasteiger partial charge is 0.377 e. The van der Waals surface area contributed by atoms with E-state index in [0.29, 0.717) is 30.8 Å². The highest BCUT2D eigenvalue weighted by molar-refractivity contribution is 5.95. The van der Waals surface area contributed by atoms with Gasteiger partial charge in [-0.3, -0.25) is 4.79 Å². The highest BCUT2D eigenvalue weighted by Crippen LogP contribution is 2.37. The number of rotatable bonds is 2. The maximum atomic E-state index is 13.3. The lowest BCUT2D eigenvalue weighted by atomic mass is 9.97. The fourth-order valence-corrected chi connectivity index (χ4v) is 3.16. The number of ether oxygens (including phenoxy) is 1. The predicted octanol–water partition coefficient (Wildman–Crippen LogP) is 4.62. The van der Waals surface area contributed by atoms with E-state index in [1.165, 1.54) is 18.2 Å². The van der Waals surface area contributed by atoms with Crippen molar-refractivity contribution in [2.45, 2.75) is 25.6 Å². The Hall–Kier alpha value is -2.34. The van der Waals surface area contributed by atoms with Gasteiger partial charge in [0.2, 0.25) is 0 Å². The first-order valence-electron chi connectivity index (χ1n) is 8.54. The van der Waals surface area contributed by atoms with Crippen LogP contribution in [0.5, 0.6) is 0 Å². The minimum atomic E-state index is -4.45. The number of nitrogens with zero attached hydrogens (tertiary/aromatic N) is 1. The number of hydrogen-bond acceptors (Lipinski definition) is 2. The monoisotopic (exact) mass is 363 g/mol. The third kappa shape index (κ3) is 4.07. The van der Waals surface area contributed by atoms with E-state index < -0.39 is 11.7 Å². The summed E-state index contributed by atoms with van der Waals surface area (Å²) < 4.78 is 45.4. The van der Waals surface area contributed by atoms with Crippen LogP contribution in [-0.2, 0) is 10.9 Å². The molecule has 1 aliphatic rings. The Labute approximate surface area is 150 Å². The molecule has 1 saturated heterocycles. The van der Waals surface area contributed by atoms with Gasteiger partial charge in [0.15, 0.2) is 0 Å². The summed E-state index contributed by atoms with van der Waals surface area (Å²) in [5, 5.41) is 0. The van der Waals surface area contributed by atoms with E-state index in [9.17, 15) is 18.0 Å².